The summed E-state index contributed by atoms with van der Waals surface area (Å²) in [5, 5.41) is 15.9. The number of rotatable bonds is 4. The van der Waals surface area contributed by atoms with Crippen molar-refractivity contribution in [1.82, 2.24) is 10.6 Å². The van der Waals surface area contributed by atoms with Crippen LogP contribution in [0.2, 0.25) is 0 Å². The minimum atomic E-state index is -0.705. The normalized spacial score (nSPS) is 18.6. The third-order valence-electron chi connectivity index (χ3n) is 4.11. The molecule has 20 heavy (non-hydrogen) atoms. The van der Waals surface area contributed by atoms with E-state index in [1.54, 1.807) is 0 Å². The number of benzene rings is 1. The Morgan fingerprint density at radius 3 is 2.65 bits per heavy atom. The zero-order valence-corrected chi connectivity index (χ0v) is 12.3. The van der Waals surface area contributed by atoms with Gasteiger partial charge in [-0.1, -0.05) is 37.1 Å². The predicted molar refractivity (Wildman–Crippen MR) is 79.5 cm³/mol. The zero-order valence-electron chi connectivity index (χ0n) is 12.3. The molecule has 110 valence electrons. The lowest BCUT2D eigenvalue weighted by molar-refractivity contribution is 0.0500. The van der Waals surface area contributed by atoms with Crippen LogP contribution < -0.4 is 10.6 Å². The first-order chi connectivity index (χ1) is 9.50. The van der Waals surface area contributed by atoms with Crippen molar-refractivity contribution in [3.63, 3.8) is 0 Å². The third kappa shape index (κ3) is 3.73. The minimum absolute atomic E-state index is 0.0468. The number of aryl methyl sites for hydroxylation is 1. The highest BCUT2D eigenvalue weighted by Crippen LogP contribution is 2.28. The molecule has 1 aromatic carbocycles. The topological polar surface area (TPSA) is 61.4 Å². The van der Waals surface area contributed by atoms with Gasteiger partial charge in [0.05, 0.1) is 11.6 Å². The lowest BCUT2D eigenvalue weighted by Crippen LogP contribution is -2.45. The molecule has 1 fully saturated rings. The summed E-state index contributed by atoms with van der Waals surface area (Å²) in [6, 6.07) is 7.74. The molecule has 0 heterocycles. The Bertz CT molecular complexity index is 467. The van der Waals surface area contributed by atoms with Crippen molar-refractivity contribution in [2.24, 2.45) is 0 Å². The molecule has 1 aliphatic carbocycles. The van der Waals surface area contributed by atoms with Gasteiger partial charge < -0.3 is 15.7 Å². The van der Waals surface area contributed by atoms with E-state index in [2.05, 4.69) is 10.6 Å². The van der Waals surface area contributed by atoms with Crippen LogP contribution in [0.1, 0.15) is 49.8 Å². The van der Waals surface area contributed by atoms with Crippen LogP contribution in [0.5, 0.6) is 0 Å². The van der Waals surface area contributed by atoms with E-state index < -0.39 is 5.60 Å². The number of aliphatic hydroxyl groups is 1. The molecule has 1 atom stereocenters. The number of hydrogen-bond acceptors (Lipinski definition) is 2. The Hall–Kier alpha value is -1.55. The average molecular weight is 276 g/mol. The minimum Gasteiger partial charge on any atom is -0.388 e. The first kappa shape index (κ1) is 14.9. The van der Waals surface area contributed by atoms with Crippen LogP contribution >= 0.6 is 0 Å². The highest BCUT2D eigenvalue weighted by atomic mass is 16.3. The number of hydrogen-bond donors (Lipinski definition) is 3. The largest absolute Gasteiger partial charge is 0.388 e. The molecule has 1 aromatic rings. The van der Waals surface area contributed by atoms with Gasteiger partial charge in [0.1, 0.15) is 0 Å². The molecule has 0 aliphatic heterocycles. The fourth-order valence-corrected chi connectivity index (χ4v) is 2.85. The Morgan fingerprint density at radius 2 is 2.00 bits per heavy atom. The second-order valence-corrected chi connectivity index (χ2v) is 5.84. The number of urea groups is 1. The number of nitrogens with one attached hydrogen (secondary N) is 2. The first-order valence-corrected chi connectivity index (χ1v) is 7.32. The van der Waals surface area contributed by atoms with Crippen molar-refractivity contribution >= 4 is 6.03 Å². The maximum absolute atomic E-state index is 11.9. The average Bonchev–Trinajstić information content (AvgIpc) is 2.84. The number of amides is 2. The summed E-state index contributed by atoms with van der Waals surface area (Å²) in [7, 11) is 0. The van der Waals surface area contributed by atoms with E-state index in [1.165, 1.54) is 0 Å². The second kappa shape index (κ2) is 6.27. The Morgan fingerprint density at radius 1 is 1.35 bits per heavy atom. The Labute approximate surface area is 120 Å². The van der Waals surface area contributed by atoms with E-state index >= 15 is 0 Å². The molecular formula is C16H24N2O2. The summed E-state index contributed by atoms with van der Waals surface area (Å²) in [5.74, 6) is 0. The van der Waals surface area contributed by atoms with E-state index in [1.807, 2.05) is 38.1 Å². The van der Waals surface area contributed by atoms with E-state index in [0.717, 1.165) is 36.8 Å². The summed E-state index contributed by atoms with van der Waals surface area (Å²) in [5.41, 5.74) is 1.57. The quantitative estimate of drug-likeness (QED) is 0.791. The van der Waals surface area contributed by atoms with Gasteiger partial charge in [0.15, 0.2) is 0 Å². The molecule has 1 aliphatic rings. The first-order valence-electron chi connectivity index (χ1n) is 7.32. The summed E-state index contributed by atoms with van der Waals surface area (Å²) in [6.07, 6.45) is 3.64. The molecule has 4 heteroatoms. The van der Waals surface area contributed by atoms with Gasteiger partial charge in [-0.3, -0.25) is 0 Å². The molecule has 1 saturated carbocycles. The van der Waals surface area contributed by atoms with Crippen molar-refractivity contribution in [2.45, 2.75) is 51.2 Å². The fraction of sp³-hybridized carbons (Fsp3) is 0.562. The molecule has 4 nitrogen and oxygen atoms in total. The molecule has 0 radical (unpaired) electrons. The summed E-state index contributed by atoms with van der Waals surface area (Å²) in [4.78, 5) is 11.9. The Balaban J connectivity index is 1.84. The number of carbonyl (C=O) groups excluding carboxylic acids is 1. The van der Waals surface area contributed by atoms with Crippen LogP contribution in [-0.2, 0) is 0 Å². The van der Waals surface area contributed by atoms with E-state index in [0.29, 0.717) is 6.54 Å². The van der Waals surface area contributed by atoms with Gasteiger partial charge in [-0.25, -0.2) is 4.79 Å². The van der Waals surface area contributed by atoms with Crippen LogP contribution in [0.15, 0.2) is 24.3 Å². The molecule has 2 amide bonds. The monoisotopic (exact) mass is 276 g/mol. The standard InChI is InChI=1S/C16H24N2O2/c1-12-7-3-4-8-14(12)13(2)18-15(19)17-11-16(20)9-5-6-10-16/h3-4,7-8,13,20H,5-6,9-11H2,1-2H3,(H2,17,18,19). The van der Waals surface area contributed by atoms with Gasteiger partial charge in [-0.05, 0) is 37.8 Å². The highest BCUT2D eigenvalue weighted by Gasteiger charge is 2.31. The van der Waals surface area contributed by atoms with Crippen molar-refractivity contribution < 1.29 is 9.90 Å². The van der Waals surface area contributed by atoms with E-state index in [9.17, 15) is 9.90 Å². The summed E-state index contributed by atoms with van der Waals surface area (Å²) in [6.45, 7) is 4.33. The maximum atomic E-state index is 11.9. The molecule has 3 N–H and O–H groups in total. The van der Waals surface area contributed by atoms with Crippen molar-refractivity contribution in [2.75, 3.05) is 6.54 Å². The molecular weight excluding hydrogens is 252 g/mol. The summed E-state index contributed by atoms with van der Waals surface area (Å²) >= 11 is 0. The SMILES string of the molecule is Cc1ccccc1C(C)NC(=O)NCC1(O)CCCC1. The molecule has 0 bridgehead atoms. The van der Waals surface area contributed by atoms with Gasteiger partial charge >= 0.3 is 6.03 Å². The van der Waals surface area contributed by atoms with Crippen LogP contribution in [0.4, 0.5) is 4.79 Å². The van der Waals surface area contributed by atoms with Crippen molar-refractivity contribution in [1.29, 1.82) is 0 Å². The maximum Gasteiger partial charge on any atom is 0.315 e. The molecule has 0 spiro atoms. The lowest BCUT2D eigenvalue weighted by Gasteiger charge is -2.23. The molecule has 1 unspecified atom stereocenters. The van der Waals surface area contributed by atoms with E-state index in [-0.39, 0.29) is 12.1 Å². The highest BCUT2D eigenvalue weighted by molar-refractivity contribution is 5.74. The van der Waals surface area contributed by atoms with Gasteiger partial charge in [0.2, 0.25) is 0 Å². The van der Waals surface area contributed by atoms with E-state index in [4.69, 9.17) is 0 Å². The summed E-state index contributed by atoms with van der Waals surface area (Å²) < 4.78 is 0. The molecule has 0 saturated heterocycles. The van der Waals surface area contributed by atoms with Crippen LogP contribution in [0.25, 0.3) is 0 Å². The smallest absolute Gasteiger partial charge is 0.315 e. The number of carbonyl (C=O) groups is 1. The molecule has 2 rings (SSSR count). The van der Waals surface area contributed by atoms with Crippen LogP contribution in [-0.4, -0.2) is 23.3 Å². The third-order valence-corrected chi connectivity index (χ3v) is 4.11. The van der Waals surface area contributed by atoms with Crippen LogP contribution in [0.3, 0.4) is 0 Å². The van der Waals surface area contributed by atoms with Gasteiger partial charge in [0, 0.05) is 6.54 Å². The predicted octanol–water partition coefficient (Wildman–Crippen LogP) is 2.66. The van der Waals surface area contributed by atoms with Crippen molar-refractivity contribution in [3.8, 4) is 0 Å². The van der Waals surface area contributed by atoms with Gasteiger partial charge in [-0.15, -0.1) is 0 Å². The zero-order chi connectivity index (χ0) is 14.6. The molecule has 0 aromatic heterocycles. The Kier molecular flexibility index (Phi) is 4.65. The fourth-order valence-electron chi connectivity index (χ4n) is 2.85. The van der Waals surface area contributed by atoms with Crippen molar-refractivity contribution in [3.05, 3.63) is 35.4 Å². The van der Waals surface area contributed by atoms with Gasteiger partial charge in [0.25, 0.3) is 0 Å². The lowest BCUT2D eigenvalue weighted by atomic mass is 10.0. The van der Waals surface area contributed by atoms with Gasteiger partial charge in [-0.2, -0.15) is 0 Å². The second-order valence-electron chi connectivity index (χ2n) is 5.84. The van der Waals surface area contributed by atoms with Crippen LogP contribution in [0, 0.1) is 6.92 Å².